The number of hydrogen-bond donors (Lipinski definition) is 1. The van der Waals surface area contributed by atoms with Crippen LogP contribution in [0.2, 0.25) is 0 Å². The molecule has 9 nitrogen and oxygen atoms in total. The molecule has 3 rings (SSSR count). The molecule has 30 heavy (non-hydrogen) atoms. The second-order valence-corrected chi connectivity index (χ2v) is 11.4. The highest BCUT2D eigenvalue weighted by Crippen LogP contribution is 2.32. The Kier molecular flexibility index (Phi) is 7.05. The van der Waals surface area contributed by atoms with Crippen LogP contribution in [-0.2, 0) is 24.8 Å². The van der Waals surface area contributed by atoms with Crippen molar-refractivity contribution in [3.63, 3.8) is 0 Å². The fourth-order valence-corrected chi connectivity index (χ4v) is 6.72. The van der Waals surface area contributed by atoms with Gasteiger partial charge in [-0.05, 0) is 50.8 Å². The molecule has 1 aromatic carbocycles. The second-order valence-electron chi connectivity index (χ2n) is 7.58. The maximum absolute atomic E-state index is 13.1. The highest BCUT2D eigenvalue weighted by Gasteiger charge is 2.35. The zero-order chi connectivity index (χ0) is 21.9. The number of nitrogens with one attached hydrogen (secondary N) is 1. The summed E-state index contributed by atoms with van der Waals surface area (Å²) in [6, 6.07) is 3.68. The third-order valence-electron chi connectivity index (χ3n) is 5.38. The van der Waals surface area contributed by atoms with Crippen molar-refractivity contribution in [3.8, 4) is 5.75 Å². The molecule has 0 bridgehead atoms. The lowest BCUT2D eigenvalue weighted by atomic mass is 10.0. The zero-order valence-electron chi connectivity index (χ0n) is 17.3. The molecule has 168 valence electrons. The van der Waals surface area contributed by atoms with Crippen LogP contribution in [0.15, 0.2) is 23.1 Å². The molecule has 0 radical (unpaired) electrons. The molecular formula is C19H29N3O6S2. The summed E-state index contributed by atoms with van der Waals surface area (Å²) in [5.41, 5.74) is 0.292. The summed E-state index contributed by atoms with van der Waals surface area (Å²) in [5.74, 6) is -0.230. The Hall–Kier alpha value is -1.69. The van der Waals surface area contributed by atoms with E-state index in [0.29, 0.717) is 44.8 Å². The number of carbonyl (C=O) groups is 1. The molecule has 0 spiro atoms. The van der Waals surface area contributed by atoms with E-state index in [0.717, 1.165) is 25.5 Å². The van der Waals surface area contributed by atoms with Gasteiger partial charge in [-0.15, -0.1) is 0 Å². The number of ether oxygens (including phenoxy) is 1. The molecule has 2 heterocycles. The minimum Gasteiger partial charge on any atom is -0.492 e. The number of benzene rings is 1. The van der Waals surface area contributed by atoms with Crippen LogP contribution in [0.4, 0.5) is 5.69 Å². The molecule has 11 heteroatoms. The van der Waals surface area contributed by atoms with Crippen molar-refractivity contribution in [2.75, 3.05) is 37.8 Å². The van der Waals surface area contributed by atoms with E-state index in [2.05, 4.69) is 5.32 Å². The summed E-state index contributed by atoms with van der Waals surface area (Å²) in [6.07, 6.45) is 4.59. The summed E-state index contributed by atoms with van der Waals surface area (Å²) in [5, 5.41) is 2.70. The quantitative estimate of drug-likeness (QED) is 0.663. The van der Waals surface area contributed by atoms with Crippen LogP contribution in [0.3, 0.4) is 0 Å². The van der Waals surface area contributed by atoms with E-state index in [1.165, 1.54) is 20.7 Å². The minimum absolute atomic E-state index is 0.00710. The molecule has 2 saturated heterocycles. The first-order valence-electron chi connectivity index (χ1n) is 10.2. The lowest BCUT2D eigenvalue weighted by Crippen LogP contribution is -2.49. The Labute approximate surface area is 178 Å². The highest BCUT2D eigenvalue weighted by molar-refractivity contribution is 7.89. The lowest BCUT2D eigenvalue weighted by molar-refractivity contribution is -0.120. The maximum Gasteiger partial charge on any atom is 0.246 e. The second kappa shape index (κ2) is 9.21. The molecule has 1 amide bonds. The van der Waals surface area contributed by atoms with Crippen molar-refractivity contribution in [2.24, 2.45) is 0 Å². The van der Waals surface area contributed by atoms with Gasteiger partial charge in [-0.1, -0.05) is 6.42 Å². The van der Waals surface area contributed by atoms with Gasteiger partial charge in [-0.2, -0.15) is 8.61 Å². The molecule has 0 aliphatic carbocycles. The van der Waals surface area contributed by atoms with E-state index >= 15 is 0 Å². The van der Waals surface area contributed by atoms with Crippen LogP contribution in [-0.4, -0.2) is 69.9 Å². The van der Waals surface area contributed by atoms with Gasteiger partial charge in [0.05, 0.1) is 12.9 Å². The minimum atomic E-state index is -3.76. The summed E-state index contributed by atoms with van der Waals surface area (Å²) >= 11 is 0. The summed E-state index contributed by atoms with van der Waals surface area (Å²) < 4.78 is 58.4. The van der Waals surface area contributed by atoms with Crippen LogP contribution >= 0.6 is 0 Å². The van der Waals surface area contributed by atoms with Crippen molar-refractivity contribution in [3.05, 3.63) is 18.2 Å². The SMILES string of the molecule is CCOc1ccc(NC(=O)C2CCCCN2S(C)(=O)=O)cc1S(=O)(=O)N1CCCC1. The van der Waals surface area contributed by atoms with Crippen molar-refractivity contribution < 1.29 is 26.4 Å². The maximum atomic E-state index is 13.1. The Balaban J connectivity index is 1.88. The number of amides is 1. The van der Waals surface area contributed by atoms with Gasteiger partial charge in [-0.25, -0.2) is 16.8 Å². The number of nitrogens with zero attached hydrogens (tertiary/aromatic N) is 2. The number of anilines is 1. The summed E-state index contributed by atoms with van der Waals surface area (Å²) in [7, 11) is -7.28. The molecule has 2 aliphatic rings. The first kappa shape index (κ1) is 23.0. The largest absolute Gasteiger partial charge is 0.492 e. The van der Waals surface area contributed by atoms with Gasteiger partial charge in [-0.3, -0.25) is 4.79 Å². The van der Waals surface area contributed by atoms with E-state index < -0.39 is 32.0 Å². The molecule has 1 atom stereocenters. The average molecular weight is 460 g/mol. The lowest BCUT2D eigenvalue weighted by Gasteiger charge is -2.32. The van der Waals surface area contributed by atoms with Gasteiger partial charge in [0.2, 0.25) is 26.0 Å². The molecule has 0 aromatic heterocycles. The standard InChI is InChI=1S/C19H29N3O6S2/c1-3-28-17-10-9-15(14-18(17)30(26,27)21-11-6-7-12-21)20-19(23)16-8-4-5-13-22(16)29(2,24)25/h9-10,14,16H,3-8,11-13H2,1-2H3,(H,20,23). The Bertz CT molecular complexity index is 988. The third kappa shape index (κ3) is 4.96. The van der Waals surface area contributed by atoms with Gasteiger partial charge >= 0.3 is 0 Å². The van der Waals surface area contributed by atoms with E-state index in [1.807, 2.05) is 0 Å². The molecular weight excluding hydrogens is 430 g/mol. The van der Waals surface area contributed by atoms with Gasteiger partial charge in [0.25, 0.3) is 0 Å². The van der Waals surface area contributed by atoms with Gasteiger partial charge < -0.3 is 10.1 Å². The highest BCUT2D eigenvalue weighted by atomic mass is 32.2. The molecule has 1 N–H and O–H groups in total. The molecule has 2 fully saturated rings. The molecule has 1 unspecified atom stereocenters. The number of carbonyl (C=O) groups excluding carboxylic acids is 1. The van der Waals surface area contributed by atoms with E-state index in [9.17, 15) is 21.6 Å². The first-order chi connectivity index (χ1) is 14.1. The van der Waals surface area contributed by atoms with Crippen molar-refractivity contribution in [1.29, 1.82) is 0 Å². The number of hydrogen-bond acceptors (Lipinski definition) is 6. The Morgan fingerprint density at radius 3 is 2.40 bits per heavy atom. The number of rotatable bonds is 7. The topological polar surface area (TPSA) is 113 Å². The van der Waals surface area contributed by atoms with Gasteiger partial charge in [0.15, 0.2) is 0 Å². The van der Waals surface area contributed by atoms with Crippen LogP contribution < -0.4 is 10.1 Å². The van der Waals surface area contributed by atoms with Crippen molar-refractivity contribution >= 4 is 31.6 Å². The fraction of sp³-hybridized carbons (Fsp3) is 0.632. The van der Waals surface area contributed by atoms with Crippen LogP contribution in [0.5, 0.6) is 5.75 Å². The summed E-state index contributed by atoms with van der Waals surface area (Å²) in [4.78, 5) is 12.9. The third-order valence-corrected chi connectivity index (χ3v) is 8.59. The Morgan fingerprint density at radius 2 is 1.77 bits per heavy atom. The number of sulfonamides is 2. The van der Waals surface area contributed by atoms with Crippen molar-refractivity contribution in [1.82, 2.24) is 8.61 Å². The average Bonchev–Trinajstić information content (AvgIpc) is 3.24. The molecule has 1 aromatic rings. The molecule has 2 aliphatic heterocycles. The van der Waals surface area contributed by atoms with Gasteiger partial charge in [0, 0.05) is 25.3 Å². The van der Waals surface area contributed by atoms with Crippen molar-refractivity contribution in [2.45, 2.75) is 50.0 Å². The Morgan fingerprint density at radius 1 is 1.10 bits per heavy atom. The molecule has 0 saturated carbocycles. The predicted molar refractivity (Wildman–Crippen MR) is 113 cm³/mol. The smallest absolute Gasteiger partial charge is 0.246 e. The number of piperidine rings is 1. The predicted octanol–water partition coefficient (Wildman–Crippen LogP) is 1.62. The van der Waals surface area contributed by atoms with Crippen LogP contribution in [0.1, 0.15) is 39.0 Å². The van der Waals surface area contributed by atoms with E-state index in [4.69, 9.17) is 4.74 Å². The summed E-state index contributed by atoms with van der Waals surface area (Å²) in [6.45, 7) is 3.28. The zero-order valence-corrected chi connectivity index (χ0v) is 19.0. The van der Waals surface area contributed by atoms with E-state index in [-0.39, 0.29) is 10.6 Å². The first-order valence-corrected chi connectivity index (χ1v) is 13.5. The fourth-order valence-electron chi connectivity index (χ4n) is 3.92. The normalized spacial score (nSPS) is 21.5. The van der Waals surface area contributed by atoms with E-state index in [1.54, 1.807) is 13.0 Å². The van der Waals surface area contributed by atoms with Crippen LogP contribution in [0.25, 0.3) is 0 Å². The van der Waals surface area contributed by atoms with Crippen LogP contribution in [0, 0.1) is 0 Å². The monoisotopic (exact) mass is 459 g/mol. The van der Waals surface area contributed by atoms with Gasteiger partial charge in [0.1, 0.15) is 16.7 Å².